The highest BCUT2D eigenvalue weighted by atomic mass is 16.5. The molecule has 1 atom stereocenters. The molecule has 0 aromatic carbocycles. The number of rotatable bonds is 4. The van der Waals surface area contributed by atoms with Crippen molar-refractivity contribution in [2.45, 2.75) is 6.10 Å². The Labute approximate surface area is 52.9 Å². The fourth-order valence-electron chi connectivity index (χ4n) is 0.344. The molecule has 9 heavy (non-hydrogen) atoms. The minimum absolute atomic E-state index is 0.108. The van der Waals surface area contributed by atoms with Crippen molar-refractivity contribution in [1.82, 2.24) is 0 Å². The molecule has 0 fully saturated rings. The van der Waals surface area contributed by atoms with E-state index >= 15 is 0 Å². The Bertz CT molecular complexity index is 113. The molecule has 1 unspecified atom stereocenters. The van der Waals surface area contributed by atoms with E-state index in [1.165, 1.54) is 6.08 Å². The first kappa shape index (κ1) is 8.13. The second-order valence-electron chi connectivity index (χ2n) is 1.33. The average Bonchev–Trinajstić information content (AvgIpc) is 1.82. The van der Waals surface area contributed by atoms with Gasteiger partial charge in [-0.25, -0.2) is 4.79 Å². The van der Waals surface area contributed by atoms with Crippen LogP contribution < -0.4 is 5.73 Å². The first-order chi connectivity index (χ1) is 4.22. The Morgan fingerprint density at radius 3 is 2.67 bits per heavy atom. The van der Waals surface area contributed by atoms with E-state index in [2.05, 4.69) is 11.3 Å². The highest BCUT2D eigenvalue weighted by Crippen LogP contribution is 1.89. The van der Waals surface area contributed by atoms with E-state index in [1.807, 2.05) is 0 Å². The summed E-state index contributed by atoms with van der Waals surface area (Å²) < 4.78 is 4.51. The Kier molecular flexibility index (Phi) is 3.66. The number of carbonyl (C=O) groups is 1. The second-order valence-corrected chi connectivity index (χ2v) is 1.33. The van der Waals surface area contributed by atoms with Crippen molar-refractivity contribution >= 4 is 5.97 Å². The molecule has 3 N–H and O–H groups in total. The van der Waals surface area contributed by atoms with Gasteiger partial charge in [-0.1, -0.05) is 12.7 Å². The molecular formula is C5H9NO3. The summed E-state index contributed by atoms with van der Waals surface area (Å²) in [4.78, 5) is 10.1. The van der Waals surface area contributed by atoms with Crippen molar-refractivity contribution < 1.29 is 14.6 Å². The minimum atomic E-state index is -1.07. The lowest BCUT2D eigenvalue weighted by molar-refractivity contribution is -0.146. The van der Waals surface area contributed by atoms with Gasteiger partial charge in [-0.15, -0.1) is 0 Å². The number of nitrogens with two attached hydrogens (primary N) is 1. The summed E-state index contributed by atoms with van der Waals surface area (Å²) in [7, 11) is 0. The normalized spacial score (nSPS) is 12.6. The van der Waals surface area contributed by atoms with Gasteiger partial charge in [-0.3, -0.25) is 0 Å². The van der Waals surface area contributed by atoms with Crippen molar-refractivity contribution in [3.05, 3.63) is 12.7 Å². The van der Waals surface area contributed by atoms with Crippen molar-refractivity contribution in [2.24, 2.45) is 5.73 Å². The molecule has 0 bridgehead atoms. The van der Waals surface area contributed by atoms with E-state index in [4.69, 9.17) is 10.8 Å². The lowest BCUT2D eigenvalue weighted by Gasteiger charge is -2.04. The first-order valence-corrected chi connectivity index (χ1v) is 2.39. The summed E-state index contributed by atoms with van der Waals surface area (Å²) in [6.07, 6.45) is 0.199. The number of ether oxygens (including phenoxy) is 1. The Morgan fingerprint density at radius 1 is 2.00 bits per heavy atom. The molecule has 0 aliphatic rings. The number of carboxylic acid groups (broad SMARTS) is 1. The summed E-state index contributed by atoms with van der Waals surface area (Å²) in [6.45, 7) is 3.13. The van der Waals surface area contributed by atoms with E-state index in [-0.39, 0.29) is 6.73 Å². The monoisotopic (exact) mass is 131 g/mol. The zero-order valence-corrected chi connectivity index (χ0v) is 4.91. The Hall–Kier alpha value is -0.870. The highest BCUT2D eigenvalue weighted by molar-refractivity contribution is 5.74. The van der Waals surface area contributed by atoms with Gasteiger partial charge < -0.3 is 15.6 Å². The van der Waals surface area contributed by atoms with E-state index < -0.39 is 12.1 Å². The van der Waals surface area contributed by atoms with Gasteiger partial charge in [-0.2, -0.15) is 0 Å². The quantitative estimate of drug-likeness (QED) is 0.400. The molecule has 0 saturated heterocycles. The predicted molar refractivity (Wildman–Crippen MR) is 31.8 cm³/mol. The van der Waals surface area contributed by atoms with Gasteiger partial charge in [0.25, 0.3) is 0 Å². The molecule has 4 heteroatoms. The number of hydrogen-bond acceptors (Lipinski definition) is 3. The van der Waals surface area contributed by atoms with Crippen LogP contribution in [0.3, 0.4) is 0 Å². The van der Waals surface area contributed by atoms with Gasteiger partial charge in [0.05, 0.1) is 6.73 Å². The topological polar surface area (TPSA) is 72.5 Å². The van der Waals surface area contributed by atoms with Gasteiger partial charge >= 0.3 is 5.97 Å². The second kappa shape index (κ2) is 4.05. The minimum Gasteiger partial charge on any atom is -0.479 e. The van der Waals surface area contributed by atoms with Crippen LogP contribution in [0.2, 0.25) is 0 Å². The van der Waals surface area contributed by atoms with Gasteiger partial charge in [0.1, 0.15) is 0 Å². The maximum absolute atomic E-state index is 10.1. The molecule has 0 radical (unpaired) electrons. The van der Waals surface area contributed by atoms with Crippen LogP contribution in [0.1, 0.15) is 0 Å². The summed E-state index contributed by atoms with van der Waals surface area (Å²) in [5, 5.41) is 8.25. The van der Waals surface area contributed by atoms with Crippen LogP contribution in [0.4, 0.5) is 0 Å². The molecule has 0 heterocycles. The van der Waals surface area contributed by atoms with Gasteiger partial charge in [-0.05, 0) is 0 Å². The molecule has 0 aliphatic heterocycles. The number of hydrogen-bond donors (Lipinski definition) is 2. The molecule has 52 valence electrons. The van der Waals surface area contributed by atoms with Gasteiger partial charge in [0, 0.05) is 0 Å². The molecular weight excluding hydrogens is 122 g/mol. The third-order valence-corrected chi connectivity index (χ3v) is 0.733. The Morgan fingerprint density at radius 2 is 2.56 bits per heavy atom. The van der Waals surface area contributed by atoms with E-state index in [0.29, 0.717) is 0 Å². The predicted octanol–water partition coefficient (Wildman–Crippen LogP) is -0.442. The largest absolute Gasteiger partial charge is 0.479 e. The highest BCUT2D eigenvalue weighted by Gasteiger charge is 2.10. The van der Waals surface area contributed by atoms with Crippen LogP contribution in [0.25, 0.3) is 0 Å². The molecule has 0 saturated carbocycles. The SMILES string of the molecule is C=CC(OCN)C(=O)O. The third-order valence-electron chi connectivity index (χ3n) is 0.733. The van der Waals surface area contributed by atoms with Crippen molar-refractivity contribution in [3.8, 4) is 0 Å². The molecule has 4 nitrogen and oxygen atoms in total. The molecule has 0 aromatic rings. The van der Waals surface area contributed by atoms with Crippen LogP contribution in [0, 0.1) is 0 Å². The van der Waals surface area contributed by atoms with Crippen molar-refractivity contribution in [2.75, 3.05) is 6.73 Å². The lowest BCUT2D eigenvalue weighted by Crippen LogP contribution is -2.24. The van der Waals surface area contributed by atoms with Gasteiger partial charge in [0.2, 0.25) is 0 Å². The number of carboxylic acids is 1. The van der Waals surface area contributed by atoms with Gasteiger partial charge in [0.15, 0.2) is 6.10 Å². The molecule has 0 rings (SSSR count). The van der Waals surface area contributed by atoms with E-state index in [1.54, 1.807) is 0 Å². The molecule has 0 spiro atoms. The summed E-state index contributed by atoms with van der Waals surface area (Å²) >= 11 is 0. The standard InChI is InChI=1S/C5H9NO3/c1-2-4(5(7)8)9-3-6/h2,4H,1,3,6H2,(H,7,8). The summed E-state index contributed by atoms with van der Waals surface area (Å²) in [5.41, 5.74) is 4.91. The zero-order valence-electron chi connectivity index (χ0n) is 4.91. The fourth-order valence-corrected chi connectivity index (χ4v) is 0.344. The number of aliphatic carboxylic acids is 1. The van der Waals surface area contributed by atoms with Crippen LogP contribution in [-0.2, 0) is 9.53 Å². The maximum atomic E-state index is 10.1. The fraction of sp³-hybridized carbons (Fsp3) is 0.400. The molecule has 0 aliphatic carbocycles. The molecule has 0 amide bonds. The van der Waals surface area contributed by atoms with E-state index in [9.17, 15) is 4.79 Å². The van der Waals surface area contributed by atoms with Crippen molar-refractivity contribution in [1.29, 1.82) is 0 Å². The van der Waals surface area contributed by atoms with Crippen LogP contribution >= 0.6 is 0 Å². The molecule has 0 aromatic heterocycles. The third kappa shape index (κ3) is 2.84. The zero-order chi connectivity index (χ0) is 7.28. The Balaban J connectivity index is 3.68. The smallest absolute Gasteiger partial charge is 0.336 e. The summed E-state index contributed by atoms with van der Waals surface area (Å²) in [6, 6.07) is 0. The van der Waals surface area contributed by atoms with Crippen LogP contribution in [0.5, 0.6) is 0 Å². The first-order valence-electron chi connectivity index (χ1n) is 2.39. The van der Waals surface area contributed by atoms with Crippen molar-refractivity contribution in [3.63, 3.8) is 0 Å². The summed E-state index contributed by atoms with van der Waals surface area (Å²) in [5.74, 6) is -1.07. The van der Waals surface area contributed by atoms with Crippen LogP contribution in [0.15, 0.2) is 12.7 Å². The lowest BCUT2D eigenvalue weighted by atomic mass is 10.4. The van der Waals surface area contributed by atoms with Crippen LogP contribution in [-0.4, -0.2) is 23.9 Å². The average molecular weight is 131 g/mol. The van der Waals surface area contributed by atoms with E-state index in [0.717, 1.165) is 0 Å². The maximum Gasteiger partial charge on any atom is 0.336 e.